The fourth-order valence-electron chi connectivity index (χ4n) is 1.26. The number of carbonyl (C=O) groups is 1. The van der Waals surface area contributed by atoms with Gasteiger partial charge in [0.25, 0.3) is 0 Å². The van der Waals surface area contributed by atoms with Crippen LogP contribution in [-0.2, 0) is 9.53 Å². The lowest BCUT2D eigenvalue weighted by Gasteiger charge is -2.17. The molecule has 0 heterocycles. The molecule has 2 N–H and O–H groups in total. The van der Waals surface area contributed by atoms with Gasteiger partial charge in [-0.05, 0) is 33.2 Å². The summed E-state index contributed by atoms with van der Waals surface area (Å²) in [5.74, 6) is -0.0174. The van der Waals surface area contributed by atoms with Gasteiger partial charge in [0.1, 0.15) is 6.10 Å². The minimum atomic E-state index is -0.358. The maximum absolute atomic E-state index is 11.6. The minimum absolute atomic E-state index is 0.0174. The summed E-state index contributed by atoms with van der Waals surface area (Å²) in [5, 5.41) is 6.22. The molecule has 17 heavy (non-hydrogen) atoms. The van der Waals surface area contributed by atoms with Crippen molar-refractivity contribution in [1.82, 2.24) is 10.6 Å². The fraction of sp³-hybridized carbons (Fsp3) is 0.923. The van der Waals surface area contributed by atoms with Crippen LogP contribution in [0.4, 0.5) is 0 Å². The molecule has 0 aromatic carbocycles. The third-order valence-electron chi connectivity index (χ3n) is 2.61. The Labute approximate surface area is 105 Å². The van der Waals surface area contributed by atoms with Crippen molar-refractivity contribution in [1.29, 1.82) is 0 Å². The molecule has 2 unspecified atom stereocenters. The predicted octanol–water partition coefficient (Wildman–Crippen LogP) is 1.69. The predicted molar refractivity (Wildman–Crippen MR) is 71.1 cm³/mol. The van der Waals surface area contributed by atoms with E-state index in [1.54, 1.807) is 6.92 Å². The second-order valence-corrected chi connectivity index (χ2v) is 4.79. The van der Waals surface area contributed by atoms with Crippen LogP contribution in [0.25, 0.3) is 0 Å². The Kier molecular flexibility index (Phi) is 9.09. The maximum Gasteiger partial charge on any atom is 0.249 e. The first kappa shape index (κ1) is 16.4. The molecular weight excluding hydrogens is 216 g/mol. The molecule has 0 radical (unpaired) electrons. The van der Waals surface area contributed by atoms with Gasteiger partial charge in [-0.1, -0.05) is 20.8 Å². The molecule has 0 spiro atoms. The second-order valence-electron chi connectivity index (χ2n) is 4.79. The number of nitrogens with one attached hydrogen (secondary N) is 2. The molecule has 0 saturated carbocycles. The summed E-state index contributed by atoms with van der Waals surface area (Å²) in [6.07, 6.45) is 1.51. The van der Waals surface area contributed by atoms with Crippen molar-refractivity contribution < 1.29 is 9.53 Å². The van der Waals surface area contributed by atoms with E-state index in [1.165, 1.54) is 0 Å². The van der Waals surface area contributed by atoms with E-state index in [4.69, 9.17) is 4.74 Å². The fourth-order valence-corrected chi connectivity index (χ4v) is 1.26. The third kappa shape index (κ3) is 9.12. The van der Waals surface area contributed by atoms with Crippen LogP contribution >= 0.6 is 0 Å². The lowest BCUT2D eigenvalue weighted by atomic mass is 10.2. The highest BCUT2D eigenvalue weighted by Gasteiger charge is 2.14. The first-order valence-electron chi connectivity index (χ1n) is 6.62. The molecule has 2 atom stereocenters. The van der Waals surface area contributed by atoms with Gasteiger partial charge in [0.2, 0.25) is 5.91 Å². The Hall–Kier alpha value is -0.610. The maximum atomic E-state index is 11.6. The zero-order chi connectivity index (χ0) is 13.3. The van der Waals surface area contributed by atoms with Gasteiger partial charge in [-0.2, -0.15) is 0 Å². The Morgan fingerprint density at radius 1 is 1.24 bits per heavy atom. The van der Waals surface area contributed by atoms with Crippen LogP contribution in [0.3, 0.4) is 0 Å². The summed E-state index contributed by atoms with van der Waals surface area (Å²) >= 11 is 0. The number of ether oxygens (including phenoxy) is 1. The van der Waals surface area contributed by atoms with Crippen molar-refractivity contribution in [3.05, 3.63) is 0 Å². The van der Waals surface area contributed by atoms with E-state index in [9.17, 15) is 4.79 Å². The molecule has 0 aliphatic carbocycles. The van der Waals surface area contributed by atoms with Gasteiger partial charge in [0.15, 0.2) is 0 Å². The summed E-state index contributed by atoms with van der Waals surface area (Å²) in [7, 11) is 0. The van der Waals surface area contributed by atoms with Gasteiger partial charge in [-0.3, -0.25) is 4.79 Å². The van der Waals surface area contributed by atoms with E-state index in [1.807, 2.05) is 13.8 Å². The van der Waals surface area contributed by atoms with Crippen molar-refractivity contribution in [2.75, 3.05) is 13.2 Å². The zero-order valence-electron chi connectivity index (χ0n) is 11.9. The van der Waals surface area contributed by atoms with Crippen LogP contribution in [0.2, 0.25) is 0 Å². The van der Waals surface area contributed by atoms with E-state index in [-0.39, 0.29) is 18.1 Å². The Balaban J connectivity index is 3.57. The summed E-state index contributed by atoms with van der Waals surface area (Å²) in [6, 6.07) is 0.720. The second kappa shape index (κ2) is 9.42. The van der Waals surface area contributed by atoms with Gasteiger partial charge >= 0.3 is 0 Å². The highest BCUT2D eigenvalue weighted by Crippen LogP contribution is 1.96. The molecule has 0 aromatic rings. The van der Waals surface area contributed by atoms with Gasteiger partial charge in [-0.15, -0.1) is 0 Å². The van der Waals surface area contributed by atoms with Crippen LogP contribution in [0, 0.1) is 0 Å². The molecule has 0 fully saturated rings. The van der Waals surface area contributed by atoms with Crippen molar-refractivity contribution in [3.63, 3.8) is 0 Å². The molecule has 0 rings (SSSR count). The first-order valence-corrected chi connectivity index (χ1v) is 6.62. The Morgan fingerprint density at radius 2 is 1.88 bits per heavy atom. The first-order chi connectivity index (χ1) is 7.97. The monoisotopic (exact) mass is 244 g/mol. The summed E-state index contributed by atoms with van der Waals surface area (Å²) in [6.45, 7) is 11.6. The highest BCUT2D eigenvalue weighted by atomic mass is 16.5. The van der Waals surface area contributed by atoms with E-state index in [2.05, 4.69) is 24.5 Å². The normalized spacial score (nSPS) is 14.7. The number of hydrogen-bond donors (Lipinski definition) is 2. The van der Waals surface area contributed by atoms with E-state index >= 15 is 0 Å². The van der Waals surface area contributed by atoms with Crippen LogP contribution in [0.5, 0.6) is 0 Å². The van der Waals surface area contributed by atoms with Gasteiger partial charge in [0.05, 0.1) is 0 Å². The smallest absolute Gasteiger partial charge is 0.249 e. The van der Waals surface area contributed by atoms with Crippen molar-refractivity contribution in [3.8, 4) is 0 Å². The molecule has 4 nitrogen and oxygen atoms in total. The lowest BCUT2D eigenvalue weighted by molar-refractivity contribution is -0.132. The van der Waals surface area contributed by atoms with Crippen molar-refractivity contribution in [2.45, 2.75) is 65.6 Å². The number of rotatable bonds is 9. The van der Waals surface area contributed by atoms with Crippen LogP contribution in [-0.4, -0.2) is 37.2 Å². The van der Waals surface area contributed by atoms with E-state index < -0.39 is 0 Å². The quantitative estimate of drug-likeness (QED) is 0.607. The standard InChI is InChI=1S/C13H28N2O2/c1-6-11(4)15-13(16)12(5)17-9-7-8-14-10(2)3/h10-12,14H,6-9H2,1-5H3,(H,15,16). The number of carbonyl (C=O) groups excluding carboxylic acids is 1. The molecule has 0 aliphatic heterocycles. The van der Waals surface area contributed by atoms with Crippen molar-refractivity contribution >= 4 is 5.91 Å². The largest absolute Gasteiger partial charge is 0.369 e. The molecule has 0 aromatic heterocycles. The highest BCUT2D eigenvalue weighted by molar-refractivity contribution is 5.80. The van der Waals surface area contributed by atoms with Crippen LogP contribution in [0.15, 0.2) is 0 Å². The summed E-state index contributed by atoms with van der Waals surface area (Å²) in [4.78, 5) is 11.6. The lowest BCUT2D eigenvalue weighted by Crippen LogP contribution is -2.40. The van der Waals surface area contributed by atoms with Gasteiger partial charge < -0.3 is 15.4 Å². The average Bonchev–Trinajstić information content (AvgIpc) is 2.27. The molecule has 0 saturated heterocycles. The third-order valence-corrected chi connectivity index (χ3v) is 2.61. The Morgan fingerprint density at radius 3 is 2.41 bits per heavy atom. The molecule has 0 aliphatic rings. The molecular formula is C13H28N2O2. The summed E-state index contributed by atoms with van der Waals surface area (Å²) in [5.41, 5.74) is 0. The topological polar surface area (TPSA) is 50.4 Å². The molecule has 1 amide bonds. The zero-order valence-corrected chi connectivity index (χ0v) is 11.9. The van der Waals surface area contributed by atoms with Gasteiger partial charge in [0, 0.05) is 18.7 Å². The summed E-state index contributed by atoms with van der Waals surface area (Å²) < 4.78 is 5.48. The molecule has 102 valence electrons. The minimum Gasteiger partial charge on any atom is -0.369 e. The van der Waals surface area contributed by atoms with E-state index in [0.717, 1.165) is 19.4 Å². The molecule has 0 bridgehead atoms. The Bertz CT molecular complexity index is 208. The van der Waals surface area contributed by atoms with Crippen LogP contribution in [0.1, 0.15) is 47.5 Å². The van der Waals surface area contributed by atoms with Crippen molar-refractivity contribution in [2.24, 2.45) is 0 Å². The van der Waals surface area contributed by atoms with E-state index in [0.29, 0.717) is 12.6 Å². The van der Waals surface area contributed by atoms with Gasteiger partial charge in [-0.25, -0.2) is 0 Å². The molecule has 4 heteroatoms. The average molecular weight is 244 g/mol. The SMILES string of the molecule is CCC(C)NC(=O)C(C)OCCCNC(C)C. The van der Waals surface area contributed by atoms with Crippen LogP contribution < -0.4 is 10.6 Å². The number of hydrogen-bond acceptors (Lipinski definition) is 3. The number of amides is 1.